The summed E-state index contributed by atoms with van der Waals surface area (Å²) in [6.07, 6.45) is 5.36. The fourth-order valence-electron chi connectivity index (χ4n) is 4.47. The summed E-state index contributed by atoms with van der Waals surface area (Å²) in [6, 6.07) is 3.88. The number of alkyl halides is 1. The van der Waals surface area contributed by atoms with Crippen molar-refractivity contribution in [2.24, 2.45) is 0 Å². The molecule has 0 aliphatic carbocycles. The minimum atomic E-state index is -0.353. The van der Waals surface area contributed by atoms with Gasteiger partial charge in [0.15, 0.2) is 0 Å². The third-order valence-electron chi connectivity index (χ3n) is 6.46. The molecule has 2 aliphatic rings. The number of piperazine rings is 1. The van der Waals surface area contributed by atoms with E-state index in [2.05, 4.69) is 42.1 Å². The summed E-state index contributed by atoms with van der Waals surface area (Å²) in [7, 11) is 2.10. The van der Waals surface area contributed by atoms with E-state index in [0.717, 1.165) is 67.0 Å². The Morgan fingerprint density at radius 1 is 1.00 bits per heavy atom. The molecule has 1 N–H and O–H groups in total. The summed E-state index contributed by atoms with van der Waals surface area (Å²) >= 11 is 0. The highest BCUT2D eigenvalue weighted by Crippen LogP contribution is 2.28. The van der Waals surface area contributed by atoms with Gasteiger partial charge in [-0.1, -0.05) is 0 Å². The van der Waals surface area contributed by atoms with Gasteiger partial charge in [-0.05, 0) is 24.6 Å². The van der Waals surface area contributed by atoms with E-state index in [9.17, 15) is 9.18 Å². The lowest BCUT2D eigenvalue weighted by Crippen LogP contribution is -2.47. The van der Waals surface area contributed by atoms with Crippen LogP contribution in [0.2, 0.25) is 0 Å². The van der Waals surface area contributed by atoms with E-state index in [1.807, 2.05) is 23.0 Å². The van der Waals surface area contributed by atoms with Crippen LogP contribution in [0.3, 0.4) is 0 Å². The molecule has 5 heterocycles. The molecule has 5 rings (SSSR count). The van der Waals surface area contributed by atoms with Crippen LogP contribution in [0.5, 0.6) is 0 Å². The van der Waals surface area contributed by atoms with Crippen LogP contribution in [0.25, 0.3) is 22.0 Å². The van der Waals surface area contributed by atoms with Crippen LogP contribution in [0.1, 0.15) is 5.69 Å². The predicted molar refractivity (Wildman–Crippen MR) is 125 cm³/mol. The molecule has 3 aromatic heterocycles. The number of nitrogens with one attached hydrogen (secondary N) is 1. The van der Waals surface area contributed by atoms with Crippen LogP contribution in [0, 0.1) is 0 Å². The number of nitrogens with zero attached hydrogens (tertiary/aromatic N) is 7. The summed E-state index contributed by atoms with van der Waals surface area (Å²) in [5.74, 6) is 0.476. The molecule has 1 fully saturated rings. The summed E-state index contributed by atoms with van der Waals surface area (Å²) in [6.45, 7) is 6.37. The van der Waals surface area contributed by atoms with Gasteiger partial charge in [-0.25, -0.2) is 9.37 Å². The van der Waals surface area contributed by atoms with E-state index in [-0.39, 0.29) is 12.6 Å². The van der Waals surface area contributed by atoms with Crippen molar-refractivity contribution >= 4 is 22.5 Å². The molecule has 2 aliphatic heterocycles. The highest BCUT2D eigenvalue weighted by Gasteiger charge is 2.22. The molecule has 1 saturated heterocycles. The smallest absolute Gasteiger partial charge is 0.239 e. The van der Waals surface area contributed by atoms with Gasteiger partial charge < -0.3 is 10.2 Å². The van der Waals surface area contributed by atoms with Gasteiger partial charge in [0.2, 0.25) is 5.91 Å². The van der Waals surface area contributed by atoms with Crippen molar-refractivity contribution in [3.05, 3.63) is 36.4 Å². The lowest BCUT2D eigenvalue weighted by molar-refractivity contribution is -0.117. The van der Waals surface area contributed by atoms with E-state index >= 15 is 0 Å². The second-order valence-electron chi connectivity index (χ2n) is 8.81. The number of hydrogen-bond donors (Lipinski definition) is 1. The molecule has 0 radical (unpaired) electrons. The number of aromatic nitrogens is 4. The van der Waals surface area contributed by atoms with Crippen molar-refractivity contribution < 1.29 is 9.18 Å². The molecule has 0 bridgehead atoms. The molecule has 1 amide bonds. The molecule has 9 nitrogen and oxygen atoms in total. The molecule has 0 spiro atoms. The predicted octanol–water partition coefficient (Wildman–Crippen LogP) is 1.46. The van der Waals surface area contributed by atoms with Crippen LogP contribution < -0.4 is 5.32 Å². The van der Waals surface area contributed by atoms with Gasteiger partial charge >= 0.3 is 0 Å². The number of hydrogen-bond acceptors (Lipinski definition) is 7. The molecular weight excluding hydrogens is 423 g/mol. The Hall–Kier alpha value is -2.95. The quantitative estimate of drug-likeness (QED) is 0.606. The maximum atomic E-state index is 12.8. The largest absolute Gasteiger partial charge is 0.310 e. The number of pyridine rings is 2. The van der Waals surface area contributed by atoms with Crippen LogP contribution in [0.15, 0.2) is 30.7 Å². The average molecular weight is 453 g/mol. The van der Waals surface area contributed by atoms with Crippen molar-refractivity contribution in [1.82, 2.24) is 34.4 Å². The van der Waals surface area contributed by atoms with Gasteiger partial charge in [0, 0.05) is 69.2 Å². The normalized spacial score (nSPS) is 17.9. The fourth-order valence-corrected chi connectivity index (χ4v) is 4.47. The Balaban J connectivity index is 1.33. The number of rotatable bonds is 6. The number of fused-ring (bicyclic) bond motifs is 2. The first-order valence-electron chi connectivity index (χ1n) is 11.4. The van der Waals surface area contributed by atoms with Crippen molar-refractivity contribution in [1.29, 1.82) is 0 Å². The zero-order chi connectivity index (χ0) is 22.8. The van der Waals surface area contributed by atoms with Crippen molar-refractivity contribution in [2.45, 2.75) is 13.1 Å². The number of carbonyl (C=O) groups is 1. The van der Waals surface area contributed by atoms with E-state index in [1.54, 1.807) is 12.4 Å². The Kier molecular flexibility index (Phi) is 6.30. The number of amides is 1. The number of carbonyl (C=O) groups excluding carboxylic acids is 1. The minimum Gasteiger partial charge on any atom is -0.310 e. The van der Waals surface area contributed by atoms with Crippen LogP contribution in [-0.2, 0) is 17.9 Å². The first-order valence-corrected chi connectivity index (χ1v) is 11.4. The van der Waals surface area contributed by atoms with Crippen molar-refractivity contribution in [3.8, 4) is 11.3 Å². The van der Waals surface area contributed by atoms with E-state index in [0.29, 0.717) is 25.5 Å². The molecule has 10 heteroatoms. The molecule has 174 valence electrons. The van der Waals surface area contributed by atoms with Crippen LogP contribution in [0.4, 0.5) is 10.2 Å². The van der Waals surface area contributed by atoms with E-state index in [4.69, 9.17) is 0 Å². The standard InChI is InChI=1S/C23H29FN8O/c1-29-4-6-31(7-5-29)16-23(33)28-22-11-17-10-20(25-12-18(17)13-26-22)19-14-27-32-9-8-30(3-2-24)15-21(19)32/h10-14H,2-9,15-16H2,1H3,(H,26,28,33). The minimum absolute atomic E-state index is 0.0562. The number of likely N-dealkylation sites (N-methyl/N-ethyl adjacent to an activating group) is 1. The maximum Gasteiger partial charge on any atom is 0.239 e. The molecular formula is C23H29FN8O. The third kappa shape index (κ3) is 4.87. The fraction of sp³-hybridized carbons (Fsp3) is 0.478. The molecule has 3 aromatic rings. The molecule has 0 unspecified atom stereocenters. The second kappa shape index (κ2) is 9.50. The Morgan fingerprint density at radius 2 is 1.79 bits per heavy atom. The van der Waals surface area contributed by atoms with Crippen molar-refractivity contribution in [3.63, 3.8) is 0 Å². The highest BCUT2D eigenvalue weighted by atomic mass is 19.1. The molecule has 0 saturated carbocycles. The van der Waals surface area contributed by atoms with Gasteiger partial charge in [-0.2, -0.15) is 5.10 Å². The lowest BCUT2D eigenvalue weighted by atomic mass is 10.1. The van der Waals surface area contributed by atoms with Gasteiger partial charge in [0.25, 0.3) is 0 Å². The first-order chi connectivity index (χ1) is 16.1. The zero-order valence-electron chi connectivity index (χ0n) is 18.9. The third-order valence-corrected chi connectivity index (χ3v) is 6.46. The van der Waals surface area contributed by atoms with E-state index in [1.165, 1.54) is 0 Å². The molecule has 0 aromatic carbocycles. The highest BCUT2D eigenvalue weighted by molar-refractivity contribution is 5.94. The monoisotopic (exact) mass is 452 g/mol. The summed E-state index contributed by atoms with van der Waals surface area (Å²) in [4.78, 5) is 28.1. The van der Waals surface area contributed by atoms with E-state index < -0.39 is 0 Å². The molecule has 33 heavy (non-hydrogen) atoms. The summed E-state index contributed by atoms with van der Waals surface area (Å²) in [5.41, 5.74) is 2.82. The van der Waals surface area contributed by atoms with Gasteiger partial charge in [-0.3, -0.25) is 24.3 Å². The second-order valence-corrected chi connectivity index (χ2v) is 8.81. The van der Waals surface area contributed by atoms with Crippen LogP contribution in [-0.4, -0.2) is 99.9 Å². The van der Waals surface area contributed by atoms with Gasteiger partial charge in [0.05, 0.1) is 30.7 Å². The zero-order valence-corrected chi connectivity index (χ0v) is 18.9. The Labute approximate surface area is 192 Å². The number of halogens is 1. The van der Waals surface area contributed by atoms with Gasteiger partial charge in [0.1, 0.15) is 12.5 Å². The maximum absolute atomic E-state index is 12.8. The topological polar surface area (TPSA) is 82.4 Å². The Bertz CT molecular complexity index is 1140. The average Bonchev–Trinajstić information content (AvgIpc) is 3.23. The SMILES string of the molecule is CN1CCN(CC(=O)Nc2cc3cc(-c4cnn5c4CN(CCF)CC5)ncc3cn2)CC1. The molecule has 0 atom stereocenters. The Morgan fingerprint density at radius 3 is 2.61 bits per heavy atom. The lowest BCUT2D eigenvalue weighted by Gasteiger charge is -2.31. The number of anilines is 1. The summed E-state index contributed by atoms with van der Waals surface area (Å²) in [5, 5.41) is 9.28. The van der Waals surface area contributed by atoms with Crippen LogP contribution >= 0.6 is 0 Å². The van der Waals surface area contributed by atoms with Crippen molar-refractivity contribution in [2.75, 3.05) is 64.9 Å². The van der Waals surface area contributed by atoms with Gasteiger partial charge in [-0.15, -0.1) is 0 Å². The first kappa shape index (κ1) is 21.9. The summed E-state index contributed by atoms with van der Waals surface area (Å²) < 4.78 is 14.8.